The van der Waals surface area contributed by atoms with Gasteiger partial charge in [-0.2, -0.15) is 0 Å². The highest BCUT2D eigenvalue weighted by Crippen LogP contribution is 2.28. The van der Waals surface area contributed by atoms with Crippen LogP contribution < -0.4 is 5.73 Å². The van der Waals surface area contributed by atoms with E-state index in [-0.39, 0.29) is 0 Å². The van der Waals surface area contributed by atoms with E-state index in [4.69, 9.17) is 10.5 Å². The van der Waals surface area contributed by atoms with Gasteiger partial charge in [0, 0.05) is 25.1 Å². The Morgan fingerprint density at radius 1 is 1.50 bits per heavy atom. The second-order valence-corrected chi connectivity index (χ2v) is 5.34. The van der Waals surface area contributed by atoms with Crippen LogP contribution in [-0.4, -0.2) is 36.2 Å². The van der Waals surface area contributed by atoms with Crippen molar-refractivity contribution < 1.29 is 4.74 Å². The molecule has 2 heterocycles. The van der Waals surface area contributed by atoms with Crippen LogP contribution in [0.2, 0.25) is 0 Å². The van der Waals surface area contributed by atoms with Crippen molar-refractivity contribution in [3.8, 4) is 0 Å². The molecule has 4 heteroatoms. The van der Waals surface area contributed by atoms with Crippen molar-refractivity contribution in [2.24, 2.45) is 0 Å². The SMILES string of the molecule is CC(C)N(C)Cc1nc(N)ccc1C1CCOC1. The summed E-state index contributed by atoms with van der Waals surface area (Å²) in [5.41, 5.74) is 8.22. The molecule has 4 nitrogen and oxygen atoms in total. The van der Waals surface area contributed by atoms with Crippen LogP contribution in [-0.2, 0) is 11.3 Å². The lowest BCUT2D eigenvalue weighted by Gasteiger charge is -2.23. The summed E-state index contributed by atoms with van der Waals surface area (Å²) in [5, 5.41) is 0. The molecule has 0 spiro atoms. The molecular weight excluding hydrogens is 226 g/mol. The van der Waals surface area contributed by atoms with Crippen LogP contribution in [0.4, 0.5) is 5.82 Å². The zero-order chi connectivity index (χ0) is 13.1. The number of hydrogen-bond acceptors (Lipinski definition) is 4. The van der Waals surface area contributed by atoms with Gasteiger partial charge in [0.15, 0.2) is 0 Å². The molecule has 2 rings (SSSR count). The minimum atomic E-state index is 0.480. The normalized spacial score (nSPS) is 19.9. The number of hydrogen-bond donors (Lipinski definition) is 1. The fraction of sp³-hybridized carbons (Fsp3) is 0.643. The van der Waals surface area contributed by atoms with Crippen LogP contribution in [0.1, 0.15) is 37.4 Å². The molecule has 1 saturated heterocycles. The number of ether oxygens (including phenoxy) is 1. The third-order valence-electron chi connectivity index (χ3n) is 3.68. The molecule has 1 aliphatic rings. The van der Waals surface area contributed by atoms with Gasteiger partial charge in [-0.3, -0.25) is 4.90 Å². The minimum absolute atomic E-state index is 0.480. The van der Waals surface area contributed by atoms with Gasteiger partial charge in [0.1, 0.15) is 5.82 Å². The van der Waals surface area contributed by atoms with Crippen molar-refractivity contribution in [1.82, 2.24) is 9.88 Å². The third-order valence-corrected chi connectivity index (χ3v) is 3.68. The molecule has 18 heavy (non-hydrogen) atoms. The fourth-order valence-corrected chi connectivity index (χ4v) is 2.23. The molecule has 0 radical (unpaired) electrons. The average Bonchev–Trinajstić information content (AvgIpc) is 2.82. The molecule has 1 aliphatic heterocycles. The topological polar surface area (TPSA) is 51.4 Å². The lowest BCUT2D eigenvalue weighted by Crippen LogP contribution is -2.27. The molecule has 0 aliphatic carbocycles. The third kappa shape index (κ3) is 3.00. The summed E-state index contributed by atoms with van der Waals surface area (Å²) in [5.74, 6) is 1.08. The maximum atomic E-state index is 5.82. The Morgan fingerprint density at radius 3 is 2.89 bits per heavy atom. The van der Waals surface area contributed by atoms with Crippen LogP contribution in [0.15, 0.2) is 12.1 Å². The van der Waals surface area contributed by atoms with Gasteiger partial charge in [0.2, 0.25) is 0 Å². The number of pyridine rings is 1. The number of nitrogens with zero attached hydrogens (tertiary/aromatic N) is 2. The van der Waals surface area contributed by atoms with E-state index in [0.717, 1.165) is 31.9 Å². The van der Waals surface area contributed by atoms with Crippen molar-refractivity contribution in [2.75, 3.05) is 26.0 Å². The predicted molar refractivity (Wildman–Crippen MR) is 73.4 cm³/mol. The maximum Gasteiger partial charge on any atom is 0.123 e. The highest BCUT2D eigenvalue weighted by atomic mass is 16.5. The van der Waals surface area contributed by atoms with Crippen molar-refractivity contribution >= 4 is 5.82 Å². The van der Waals surface area contributed by atoms with Gasteiger partial charge in [0.25, 0.3) is 0 Å². The zero-order valence-corrected chi connectivity index (χ0v) is 11.5. The van der Waals surface area contributed by atoms with E-state index in [2.05, 4.69) is 36.8 Å². The Balaban J connectivity index is 2.22. The Labute approximate surface area is 109 Å². The molecule has 1 fully saturated rings. The lowest BCUT2D eigenvalue weighted by molar-refractivity contribution is 0.193. The van der Waals surface area contributed by atoms with Crippen LogP contribution in [0.5, 0.6) is 0 Å². The molecule has 2 N–H and O–H groups in total. The summed E-state index contributed by atoms with van der Waals surface area (Å²) in [6, 6.07) is 4.51. The second-order valence-electron chi connectivity index (χ2n) is 5.34. The molecule has 0 saturated carbocycles. The molecule has 0 bridgehead atoms. The van der Waals surface area contributed by atoms with Crippen LogP contribution in [0.25, 0.3) is 0 Å². The van der Waals surface area contributed by atoms with Gasteiger partial charge in [0.05, 0.1) is 12.3 Å². The number of nitrogens with two attached hydrogens (primary N) is 1. The first-order valence-electron chi connectivity index (χ1n) is 6.61. The predicted octanol–water partition coefficient (Wildman–Crippen LogP) is 2.01. The molecule has 1 atom stereocenters. The first kappa shape index (κ1) is 13.3. The molecule has 0 amide bonds. The van der Waals surface area contributed by atoms with E-state index in [9.17, 15) is 0 Å². The highest BCUT2D eigenvalue weighted by molar-refractivity contribution is 5.36. The van der Waals surface area contributed by atoms with E-state index < -0.39 is 0 Å². The summed E-state index contributed by atoms with van der Waals surface area (Å²) >= 11 is 0. The van der Waals surface area contributed by atoms with Crippen molar-refractivity contribution in [3.05, 3.63) is 23.4 Å². The van der Waals surface area contributed by atoms with Crippen LogP contribution >= 0.6 is 0 Å². The van der Waals surface area contributed by atoms with Gasteiger partial charge in [-0.15, -0.1) is 0 Å². The number of anilines is 1. The smallest absolute Gasteiger partial charge is 0.123 e. The molecule has 0 aromatic carbocycles. The standard InChI is InChI=1S/C14H23N3O/c1-10(2)17(3)8-13-12(4-5-14(15)16-13)11-6-7-18-9-11/h4-5,10-11H,6-9H2,1-3H3,(H2,15,16). The molecular formula is C14H23N3O. The summed E-state index contributed by atoms with van der Waals surface area (Å²) in [7, 11) is 2.12. The van der Waals surface area contributed by atoms with Crippen molar-refractivity contribution in [1.29, 1.82) is 0 Å². The van der Waals surface area contributed by atoms with Crippen molar-refractivity contribution in [3.63, 3.8) is 0 Å². The van der Waals surface area contributed by atoms with E-state index in [1.807, 2.05) is 6.07 Å². The van der Waals surface area contributed by atoms with E-state index in [0.29, 0.717) is 17.8 Å². The summed E-state index contributed by atoms with van der Waals surface area (Å²) in [6.07, 6.45) is 1.09. The number of nitrogen functional groups attached to an aromatic ring is 1. The number of rotatable bonds is 4. The molecule has 100 valence electrons. The Bertz CT molecular complexity index is 400. The maximum absolute atomic E-state index is 5.82. The monoisotopic (exact) mass is 249 g/mol. The Hall–Kier alpha value is -1.13. The zero-order valence-electron chi connectivity index (χ0n) is 11.5. The first-order valence-corrected chi connectivity index (χ1v) is 6.61. The quantitative estimate of drug-likeness (QED) is 0.887. The average molecular weight is 249 g/mol. The molecule has 1 aromatic rings. The van der Waals surface area contributed by atoms with E-state index >= 15 is 0 Å². The fourth-order valence-electron chi connectivity index (χ4n) is 2.23. The Kier molecular flexibility index (Phi) is 4.19. The molecule has 1 unspecified atom stereocenters. The van der Waals surface area contributed by atoms with Crippen LogP contribution in [0, 0.1) is 0 Å². The molecule has 1 aromatic heterocycles. The summed E-state index contributed by atoms with van der Waals surface area (Å²) in [4.78, 5) is 6.80. The highest BCUT2D eigenvalue weighted by Gasteiger charge is 2.22. The second kappa shape index (κ2) is 5.67. The summed E-state index contributed by atoms with van der Waals surface area (Å²) in [6.45, 7) is 6.88. The van der Waals surface area contributed by atoms with Gasteiger partial charge in [-0.1, -0.05) is 6.07 Å². The van der Waals surface area contributed by atoms with Crippen molar-refractivity contribution in [2.45, 2.75) is 38.8 Å². The van der Waals surface area contributed by atoms with Gasteiger partial charge in [-0.05, 0) is 38.9 Å². The van der Waals surface area contributed by atoms with E-state index in [1.165, 1.54) is 5.56 Å². The van der Waals surface area contributed by atoms with Gasteiger partial charge >= 0.3 is 0 Å². The van der Waals surface area contributed by atoms with E-state index in [1.54, 1.807) is 0 Å². The van der Waals surface area contributed by atoms with Crippen LogP contribution in [0.3, 0.4) is 0 Å². The summed E-state index contributed by atoms with van der Waals surface area (Å²) < 4.78 is 5.48. The minimum Gasteiger partial charge on any atom is -0.384 e. The number of aromatic nitrogens is 1. The van der Waals surface area contributed by atoms with Gasteiger partial charge in [-0.25, -0.2) is 4.98 Å². The Morgan fingerprint density at radius 2 is 2.28 bits per heavy atom. The largest absolute Gasteiger partial charge is 0.384 e. The lowest BCUT2D eigenvalue weighted by atomic mass is 9.96. The first-order chi connectivity index (χ1) is 8.58. The van der Waals surface area contributed by atoms with Gasteiger partial charge < -0.3 is 10.5 Å².